The summed E-state index contributed by atoms with van der Waals surface area (Å²) < 4.78 is 7.10. The second-order valence-corrected chi connectivity index (χ2v) is 5.27. The predicted molar refractivity (Wildman–Crippen MR) is 79.4 cm³/mol. The van der Waals surface area contributed by atoms with Crippen LogP contribution in [0.4, 0.5) is 0 Å². The fourth-order valence-electron chi connectivity index (χ4n) is 2.60. The van der Waals surface area contributed by atoms with Gasteiger partial charge in [0.05, 0.1) is 13.0 Å². The number of amides is 2. The van der Waals surface area contributed by atoms with Crippen molar-refractivity contribution in [3.8, 4) is 0 Å². The van der Waals surface area contributed by atoms with E-state index in [2.05, 4.69) is 4.98 Å². The van der Waals surface area contributed by atoms with Gasteiger partial charge >= 0.3 is 0 Å². The van der Waals surface area contributed by atoms with E-state index in [1.165, 1.54) is 0 Å². The normalized spacial score (nSPS) is 15.7. The molecule has 0 unspecified atom stereocenters. The maximum Gasteiger partial charge on any atom is 0.274 e. The van der Waals surface area contributed by atoms with Gasteiger partial charge in [0.15, 0.2) is 0 Å². The minimum Gasteiger partial charge on any atom is -0.380 e. The fourth-order valence-corrected chi connectivity index (χ4v) is 2.60. The summed E-state index contributed by atoms with van der Waals surface area (Å²) in [5, 5.41) is 0. The maximum atomic E-state index is 12.6. The van der Waals surface area contributed by atoms with Gasteiger partial charge in [0.25, 0.3) is 5.91 Å². The van der Waals surface area contributed by atoms with Gasteiger partial charge in [-0.25, -0.2) is 4.98 Å². The number of imidazole rings is 1. The van der Waals surface area contributed by atoms with E-state index in [0.29, 0.717) is 37.6 Å². The fraction of sp³-hybridized carbons (Fsp3) is 0.400. The number of pyridine rings is 1. The van der Waals surface area contributed by atoms with E-state index in [1.807, 2.05) is 0 Å². The van der Waals surface area contributed by atoms with Gasteiger partial charge in [-0.3, -0.25) is 9.59 Å². The Kier molecular flexibility index (Phi) is 4.06. The Balaban J connectivity index is 1.90. The average molecular weight is 302 g/mol. The Bertz CT molecular complexity index is 702. The largest absolute Gasteiger partial charge is 0.380 e. The molecule has 116 valence electrons. The highest BCUT2D eigenvalue weighted by molar-refractivity contribution is 5.93. The highest BCUT2D eigenvalue weighted by atomic mass is 16.5. The molecule has 3 rings (SSSR count). The third kappa shape index (κ3) is 2.94. The molecule has 2 aromatic heterocycles. The summed E-state index contributed by atoms with van der Waals surface area (Å²) in [6.45, 7) is 2.46. The second-order valence-electron chi connectivity index (χ2n) is 5.27. The van der Waals surface area contributed by atoms with Crippen LogP contribution in [0.3, 0.4) is 0 Å². The molecule has 0 bridgehead atoms. The smallest absolute Gasteiger partial charge is 0.274 e. The van der Waals surface area contributed by atoms with E-state index >= 15 is 0 Å². The van der Waals surface area contributed by atoms with E-state index in [-0.39, 0.29) is 12.3 Å². The van der Waals surface area contributed by atoms with Crippen LogP contribution in [0.5, 0.6) is 0 Å². The summed E-state index contributed by atoms with van der Waals surface area (Å²) in [7, 11) is 0. The zero-order valence-corrected chi connectivity index (χ0v) is 12.2. The molecular weight excluding hydrogens is 284 g/mol. The molecule has 3 heterocycles. The lowest BCUT2D eigenvalue weighted by Crippen LogP contribution is -2.33. The zero-order valence-electron chi connectivity index (χ0n) is 12.2. The number of rotatable bonds is 3. The number of ether oxygens (including phenoxy) is 1. The Morgan fingerprint density at radius 2 is 2.14 bits per heavy atom. The summed E-state index contributed by atoms with van der Waals surface area (Å²) in [5.74, 6) is -0.530. The van der Waals surface area contributed by atoms with Gasteiger partial charge in [-0.1, -0.05) is 6.07 Å². The Labute approximate surface area is 127 Å². The number of aromatic nitrogens is 2. The van der Waals surface area contributed by atoms with Crippen LogP contribution >= 0.6 is 0 Å². The van der Waals surface area contributed by atoms with Gasteiger partial charge in [-0.2, -0.15) is 0 Å². The first kappa shape index (κ1) is 14.5. The number of carbonyl (C=O) groups is 2. The predicted octanol–water partition coefficient (Wildman–Crippen LogP) is 0.225. The summed E-state index contributed by atoms with van der Waals surface area (Å²) in [5.41, 5.74) is 6.98. The lowest BCUT2D eigenvalue weighted by Gasteiger charge is -2.17. The van der Waals surface area contributed by atoms with Crippen LogP contribution in [0.1, 0.15) is 22.6 Å². The van der Waals surface area contributed by atoms with Crippen LogP contribution < -0.4 is 5.73 Å². The van der Waals surface area contributed by atoms with Gasteiger partial charge in [-0.15, -0.1) is 0 Å². The number of fused-ring (bicyclic) bond motifs is 1. The molecule has 1 aliphatic heterocycles. The molecule has 7 heteroatoms. The molecule has 7 nitrogen and oxygen atoms in total. The van der Waals surface area contributed by atoms with Crippen molar-refractivity contribution in [3.05, 3.63) is 35.8 Å². The third-order valence-electron chi connectivity index (χ3n) is 3.66. The molecule has 0 atom stereocenters. The summed E-state index contributed by atoms with van der Waals surface area (Å²) >= 11 is 0. The molecule has 1 fully saturated rings. The van der Waals surface area contributed by atoms with Crippen LogP contribution in [-0.2, 0) is 16.0 Å². The van der Waals surface area contributed by atoms with Crippen LogP contribution in [0, 0.1) is 0 Å². The third-order valence-corrected chi connectivity index (χ3v) is 3.66. The number of nitrogens with zero attached hydrogens (tertiary/aromatic N) is 3. The molecule has 0 aromatic carbocycles. The molecule has 1 aliphatic rings. The molecule has 22 heavy (non-hydrogen) atoms. The monoisotopic (exact) mass is 302 g/mol. The van der Waals surface area contributed by atoms with Crippen LogP contribution in [-0.4, -0.2) is 52.4 Å². The van der Waals surface area contributed by atoms with Crippen LogP contribution in [0.25, 0.3) is 5.65 Å². The maximum absolute atomic E-state index is 12.6. The van der Waals surface area contributed by atoms with Gasteiger partial charge < -0.3 is 19.8 Å². The lowest BCUT2D eigenvalue weighted by molar-refractivity contribution is -0.117. The van der Waals surface area contributed by atoms with Crippen molar-refractivity contribution in [2.24, 2.45) is 5.73 Å². The van der Waals surface area contributed by atoms with Crippen molar-refractivity contribution in [3.63, 3.8) is 0 Å². The summed E-state index contributed by atoms with van der Waals surface area (Å²) in [4.78, 5) is 29.8. The Morgan fingerprint density at radius 3 is 2.95 bits per heavy atom. The Hall–Kier alpha value is -2.41. The Morgan fingerprint density at radius 1 is 1.27 bits per heavy atom. The van der Waals surface area contributed by atoms with Crippen LogP contribution in [0.2, 0.25) is 0 Å². The summed E-state index contributed by atoms with van der Waals surface area (Å²) in [6.07, 6.45) is 2.60. The number of hydrogen-bond acceptors (Lipinski definition) is 4. The highest BCUT2D eigenvalue weighted by Crippen LogP contribution is 2.12. The quantitative estimate of drug-likeness (QED) is 0.878. The molecular formula is C15H18N4O3. The van der Waals surface area contributed by atoms with Gasteiger partial charge in [0.1, 0.15) is 11.3 Å². The highest BCUT2D eigenvalue weighted by Gasteiger charge is 2.20. The summed E-state index contributed by atoms with van der Waals surface area (Å²) in [6, 6.07) is 5.40. The van der Waals surface area contributed by atoms with Gasteiger partial charge in [0, 0.05) is 31.6 Å². The zero-order chi connectivity index (χ0) is 15.5. The van der Waals surface area contributed by atoms with E-state index in [4.69, 9.17) is 10.5 Å². The SMILES string of the molecule is NC(=O)Cc1cccc2nc(C(=O)N3CCCOCC3)cn12. The number of nitrogens with two attached hydrogens (primary N) is 1. The van der Waals surface area contributed by atoms with E-state index < -0.39 is 5.91 Å². The average Bonchev–Trinajstić information content (AvgIpc) is 2.74. The van der Waals surface area contributed by atoms with Crippen LogP contribution in [0.15, 0.2) is 24.4 Å². The standard InChI is InChI=1S/C15H18N4O3/c16-13(20)9-11-3-1-4-14-17-12(10-19(11)14)15(21)18-5-2-7-22-8-6-18/h1,3-4,10H,2,5-9H2,(H2,16,20). The van der Waals surface area contributed by atoms with E-state index in [0.717, 1.165) is 12.1 Å². The molecule has 2 aromatic rings. The van der Waals surface area contributed by atoms with Gasteiger partial charge in [0.2, 0.25) is 5.91 Å². The molecule has 0 radical (unpaired) electrons. The van der Waals surface area contributed by atoms with Crippen molar-refractivity contribution < 1.29 is 14.3 Å². The molecule has 2 N–H and O–H groups in total. The molecule has 0 spiro atoms. The van der Waals surface area contributed by atoms with Crippen molar-refractivity contribution in [1.29, 1.82) is 0 Å². The lowest BCUT2D eigenvalue weighted by atomic mass is 10.2. The minimum atomic E-state index is -0.418. The molecule has 0 saturated carbocycles. The van der Waals surface area contributed by atoms with Crippen molar-refractivity contribution in [1.82, 2.24) is 14.3 Å². The first-order chi connectivity index (χ1) is 10.6. The molecule has 2 amide bonds. The molecule has 0 aliphatic carbocycles. The van der Waals surface area contributed by atoms with Crippen molar-refractivity contribution >= 4 is 17.5 Å². The van der Waals surface area contributed by atoms with Crippen molar-refractivity contribution in [2.45, 2.75) is 12.8 Å². The van der Waals surface area contributed by atoms with Crippen molar-refractivity contribution in [2.75, 3.05) is 26.3 Å². The van der Waals surface area contributed by atoms with E-state index in [1.54, 1.807) is 33.7 Å². The number of primary amides is 1. The topological polar surface area (TPSA) is 89.9 Å². The number of hydrogen-bond donors (Lipinski definition) is 1. The van der Waals surface area contributed by atoms with Gasteiger partial charge in [-0.05, 0) is 18.6 Å². The number of carbonyl (C=O) groups excluding carboxylic acids is 2. The second kappa shape index (κ2) is 6.15. The molecule has 1 saturated heterocycles. The van der Waals surface area contributed by atoms with E-state index in [9.17, 15) is 9.59 Å². The minimum absolute atomic E-state index is 0.110. The first-order valence-electron chi connectivity index (χ1n) is 7.27. The first-order valence-corrected chi connectivity index (χ1v) is 7.27.